The van der Waals surface area contributed by atoms with Crippen molar-refractivity contribution in [3.8, 4) is 0 Å². The standard InChI is InChI=1S/C17H29N3O.HI/c1-4-12-19-17(18-5-2)20-13-9-14-21-15(3)16-10-7-6-8-11-16;/h6-8,10-11,15H,4-5,9,12-14H2,1-3H3,(H2,18,19,20);1H. The minimum Gasteiger partial charge on any atom is -0.374 e. The molecule has 2 N–H and O–H groups in total. The van der Waals surface area contributed by atoms with Crippen LogP contribution in [0, 0.1) is 0 Å². The molecule has 4 nitrogen and oxygen atoms in total. The Morgan fingerprint density at radius 1 is 1.18 bits per heavy atom. The summed E-state index contributed by atoms with van der Waals surface area (Å²) in [6.45, 7) is 9.66. The Labute approximate surface area is 152 Å². The maximum atomic E-state index is 5.85. The third-order valence-corrected chi connectivity index (χ3v) is 3.09. The molecule has 1 unspecified atom stereocenters. The molecule has 0 saturated heterocycles. The van der Waals surface area contributed by atoms with E-state index in [-0.39, 0.29) is 30.1 Å². The highest BCUT2D eigenvalue weighted by atomic mass is 127. The topological polar surface area (TPSA) is 45.7 Å². The van der Waals surface area contributed by atoms with Crippen molar-refractivity contribution in [2.75, 3.05) is 26.2 Å². The van der Waals surface area contributed by atoms with Crippen LogP contribution in [0.1, 0.15) is 45.3 Å². The molecule has 5 heteroatoms. The molecule has 126 valence electrons. The summed E-state index contributed by atoms with van der Waals surface area (Å²) in [5, 5.41) is 6.57. The smallest absolute Gasteiger partial charge is 0.191 e. The van der Waals surface area contributed by atoms with Crippen molar-refractivity contribution in [3.63, 3.8) is 0 Å². The van der Waals surface area contributed by atoms with Crippen molar-refractivity contribution in [2.45, 2.75) is 39.7 Å². The summed E-state index contributed by atoms with van der Waals surface area (Å²) in [5.41, 5.74) is 1.23. The van der Waals surface area contributed by atoms with E-state index in [0.717, 1.165) is 45.0 Å². The Kier molecular flexibility index (Phi) is 13.3. The zero-order valence-electron chi connectivity index (χ0n) is 14.0. The number of benzene rings is 1. The molecule has 0 amide bonds. The van der Waals surface area contributed by atoms with Gasteiger partial charge in [-0.3, -0.25) is 4.99 Å². The van der Waals surface area contributed by atoms with Gasteiger partial charge in [0.1, 0.15) is 0 Å². The lowest BCUT2D eigenvalue weighted by atomic mass is 10.1. The van der Waals surface area contributed by atoms with Gasteiger partial charge in [0.2, 0.25) is 0 Å². The summed E-state index contributed by atoms with van der Waals surface area (Å²) in [5.74, 6) is 0.899. The van der Waals surface area contributed by atoms with Gasteiger partial charge in [0.15, 0.2) is 5.96 Å². The molecule has 1 aromatic carbocycles. The lowest BCUT2D eigenvalue weighted by Crippen LogP contribution is -2.38. The van der Waals surface area contributed by atoms with Crippen LogP contribution >= 0.6 is 24.0 Å². The monoisotopic (exact) mass is 419 g/mol. The fourth-order valence-electron chi connectivity index (χ4n) is 1.92. The van der Waals surface area contributed by atoms with E-state index in [1.165, 1.54) is 5.56 Å². The second-order valence-electron chi connectivity index (χ2n) is 4.96. The van der Waals surface area contributed by atoms with E-state index in [1.54, 1.807) is 0 Å². The fraction of sp³-hybridized carbons (Fsp3) is 0.588. The van der Waals surface area contributed by atoms with Crippen LogP contribution in [0.3, 0.4) is 0 Å². The Morgan fingerprint density at radius 3 is 2.55 bits per heavy atom. The largest absolute Gasteiger partial charge is 0.374 e. The van der Waals surface area contributed by atoms with Crippen LogP contribution in [0.4, 0.5) is 0 Å². The Balaban J connectivity index is 0.00000441. The molecule has 0 aliphatic rings. The van der Waals surface area contributed by atoms with Crippen molar-refractivity contribution >= 4 is 29.9 Å². The van der Waals surface area contributed by atoms with Gasteiger partial charge in [-0.25, -0.2) is 0 Å². The van der Waals surface area contributed by atoms with E-state index in [1.807, 2.05) is 18.2 Å². The van der Waals surface area contributed by atoms with Gasteiger partial charge in [-0.2, -0.15) is 0 Å². The summed E-state index contributed by atoms with van der Waals surface area (Å²) < 4.78 is 5.85. The van der Waals surface area contributed by atoms with E-state index >= 15 is 0 Å². The minimum absolute atomic E-state index is 0. The fourth-order valence-corrected chi connectivity index (χ4v) is 1.92. The number of rotatable bonds is 9. The minimum atomic E-state index is 0. The average Bonchev–Trinajstić information content (AvgIpc) is 2.52. The van der Waals surface area contributed by atoms with E-state index < -0.39 is 0 Å². The van der Waals surface area contributed by atoms with Gasteiger partial charge >= 0.3 is 0 Å². The van der Waals surface area contributed by atoms with Gasteiger partial charge in [-0.15, -0.1) is 24.0 Å². The summed E-state index contributed by atoms with van der Waals surface area (Å²) in [4.78, 5) is 4.47. The normalized spacial score (nSPS) is 12.4. The molecule has 1 aromatic rings. The number of ether oxygens (including phenoxy) is 1. The second kappa shape index (κ2) is 13.8. The molecule has 0 radical (unpaired) electrons. The number of aliphatic imine (C=N–C) groups is 1. The maximum absolute atomic E-state index is 5.85. The molecule has 0 bridgehead atoms. The van der Waals surface area contributed by atoms with Gasteiger partial charge in [-0.05, 0) is 32.3 Å². The molecule has 1 rings (SSSR count). The number of nitrogens with zero attached hydrogens (tertiary/aromatic N) is 1. The van der Waals surface area contributed by atoms with Crippen molar-refractivity contribution < 1.29 is 4.74 Å². The first-order valence-corrected chi connectivity index (χ1v) is 7.96. The molecular weight excluding hydrogens is 389 g/mol. The van der Waals surface area contributed by atoms with Crippen LogP contribution in [0.25, 0.3) is 0 Å². The van der Waals surface area contributed by atoms with Crippen LogP contribution in [0.15, 0.2) is 35.3 Å². The van der Waals surface area contributed by atoms with Crippen LogP contribution in [0.2, 0.25) is 0 Å². The number of nitrogens with one attached hydrogen (secondary N) is 2. The predicted molar refractivity (Wildman–Crippen MR) is 105 cm³/mol. The summed E-state index contributed by atoms with van der Waals surface area (Å²) in [6, 6.07) is 10.3. The average molecular weight is 419 g/mol. The lowest BCUT2D eigenvalue weighted by Gasteiger charge is -2.14. The first-order chi connectivity index (χ1) is 10.3. The van der Waals surface area contributed by atoms with E-state index in [4.69, 9.17) is 4.74 Å². The van der Waals surface area contributed by atoms with Crippen molar-refractivity contribution in [2.24, 2.45) is 4.99 Å². The molecule has 0 saturated carbocycles. The Morgan fingerprint density at radius 2 is 1.91 bits per heavy atom. The predicted octanol–water partition coefficient (Wildman–Crippen LogP) is 3.74. The molecule has 0 aliphatic heterocycles. The van der Waals surface area contributed by atoms with Crippen LogP contribution in [-0.4, -0.2) is 32.2 Å². The third kappa shape index (κ3) is 9.25. The van der Waals surface area contributed by atoms with Gasteiger partial charge in [0.25, 0.3) is 0 Å². The summed E-state index contributed by atoms with van der Waals surface area (Å²) in [6.07, 6.45) is 2.18. The SMILES string of the molecule is CCCN=C(NCC)NCCCOC(C)c1ccccc1.I. The van der Waals surface area contributed by atoms with Crippen LogP contribution in [0.5, 0.6) is 0 Å². The zero-order valence-corrected chi connectivity index (χ0v) is 16.3. The Hall–Kier alpha value is -0.820. The van der Waals surface area contributed by atoms with E-state index in [0.29, 0.717) is 0 Å². The van der Waals surface area contributed by atoms with Crippen molar-refractivity contribution in [1.82, 2.24) is 10.6 Å². The van der Waals surface area contributed by atoms with E-state index in [9.17, 15) is 0 Å². The van der Waals surface area contributed by atoms with E-state index in [2.05, 4.69) is 48.5 Å². The maximum Gasteiger partial charge on any atom is 0.191 e. The molecule has 0 fully saturated rings. The van der Waals surface area contributed by atoms with Crippen LogP contribution < -0.4 is 10.6 Å². The molecular formula is C17H30IN3O. The summed E-state index contributed by atoms with van der Waals surface area (Å²) >= 11 is 0. The molecule has 0 aromatic heterocycles. The van der Waals surface area contributed by atoms with Gasteiger partial charge in [0, 0.05) is 26.2 Å². The number of hydrogen-bond donors (Lipinski definition) is 2. The lowest BCUT2D eigenvalue weighted by molar-refractivity contribution is 0.0646. The van der Waals surface area contributed by atoms with Crippen LogP contribution in [-0.2, 0) is 4.74 Å². The number of halogens is 1. The van der Waals surface area contributed by atoms with Gasteiger partial charge in [0.05, 0.1) is 6.10 Å². The highest BCUT2D eigenvalue weighted by molar-refractivity contribution is 14.0. The van der Waals surface area contributed by atoms with Crippen molar-refractivity contribution in [1.29, 1.82) is 0 Å². The summed E-state index contributed by atoms with van der Waals surface area (Å²) in [7, 11) is 0. The van der Waals surface area contributed by atoms with Crippen molar-refractivity contribution in [3.05, 3.63) is 35.9 Å². The quantitative estimate of drug-likeness (QED) is 0.278. The highest BCUT2D eigenvalue weighted by Crippen LogP contribution is 2.15. The third-order valence-electron chi connectivity index (χ3n) is 3.09. The van der Waals surface area contributed by atoms with Gasteiger partial charge < -0.3 is 15.4 Å². The first kappa shape index (κ1) is 21.2. The number of guanidine groups is 1. The highest BCUT2D eigenvalue weighted by Gasteiger charge is 2.04. The second-order valence-corrected chi connectivity index (χ2v) is 4.96. The molecule has 0 spiro atoms. The Bertz CT molecular complexity index is 398. The molecule has 1 atom stereocenters. The number of hydrogen-bond acceptors (Lipinski definition) is 2. The molecule has 22 heavy (non-hydrogen) atoms. The molecule has 0 heterocycles. The van der Waals surface area contributed by atoms with Gasteiger partial charge in [-0.1, -0.05) is 37.3 Å². The molecule has 0 aliphatic carbocycles. The first-order valence-electron chi connectivity index (χ1n) is 7.96. The zero-order chi connectivity index (χ0) is 15.3.